The second kappa shape index (κ2) is 8.02. The molecule has 0 aromatic heterocycles. The van der Waals surface area contributed by atoms with Crippen molar-refractivity contribution in [1.82, 2.24) is 10.2 Å². The Hall–Kier alpha value is -1.26. The van der Waals surface area contributed by atoms with Gasteiger partial charge < -0.3 is 15.3 Å². The van der Waals surface area contributed by atoms with Crippen molar-refractivity contribution < 1.29 is 14.7 Å². The summed E-state index contributed by atoms with van der Waals surface area (Å²) in [6.45, 7) is 5.39. The summed E-state index contributed by atoms with van der Waals surface area (Å²) in [6.07, 6.45) is 5.39. The quantitative estimate of drug-likeness (QED) is 0.806. The number of carboxylic acids is 1. The Labute approximate surface area is 115 Å². The molecule has 0 bridgehead atoms. The fourth-order valence-corrected chi connectivity index (χ4v) is 2.52. The number of nitrogens with one attached hydrogen (secondary N) is 1. The van der Waals surface area contributed by atoms with E-state index in [-0.39, 0.29) is 6.03 Å². The summed E-state index contributed by atoms with van der Waals surface area (Å²) in [5, 5.41) is 12.1. The molecule has 1 atom stereocenters. The number of rotatable bonds is 5. The Balaban J connectivity index is 2.58. The number of hydrogen-bond donors (Lipinski definition) is 2. The van der Waals surface area contributed by atoms with Crippen LogP contribution in [0.2, 0.25) is 0 Å². The van der Waals surface area contributed by atoms with Gasteiger partial charge in [0.2, 0.25) is 0 Å². The molecular weight excluding hydrogens is 244 g/mol. The van der Waals surface area contributed by atoms with Gasteiger partial charge in [-0.15, -0.1) is 0 Å². The molecule has 0 radical (unpaired) electrons. The highest BCUT2D eigenvalue weighted by atomic mass is 16.4. The highest BCUT2D eigenvalue weighted by Gasteiger charge is 2.30. The summed E-state index contributed by atoms with van der Waals surface area (Å²) >= 11 is 0. The van der Waals surface area contributed by atoms with Crippen molar-refractivity contribution in [3.63, 3.8) is 0 Å². The number of carbonyl (C=O) groups excluding carboxylic acids is 1. The number of urea groups is 1. The molecule has 0 spiro atoms. The fourth-order valence-electron chi connectivity index (χ4n) is 2.52. The van der Waals surface area contributed by atoms with E-state index < -0.39 is 12.0 Å². The van der Waals surface area contributed by atoms with Gasteiger partial charge in [-0.3, -0.25) is 0 Å². The minimum Gasteiger partial charge on any atom is -0.480 e. The van der Waals surface area contributed by atoms with E-state index >= 15 is 0 Å². The van der Waals surface area contributed by atoms with Gasteiger partial charge in [-0.05, 0) is 18.8 Å². The van der Waals surface area contributed by atoms with Crippen LogP contribution in [0.4, 0.5) is 4.79 Å². The molecule has 0 aliphatic carbocycles. The predicted molar refractivity (Wildman–Crippen MR) is 74.1 cm³/mol. The normalized spacial score (nSPS) is 20.2. The van der Waals surface area contributed by atoms with E-state index in [1.54, 1.807) is 0 Å². The van der Waals surface area contributed by atoms with E-state index in [0.717, 1.165) is 32.1 Å². The highest BCUT2D eigenvalue weighted by molar-refractivity contribution is 5.82. The molecule has 2 N–H and O–H groups in total. The van der Waals surface area contributed by atoms with Crippen molar-refractivity contribution in [2.75, 3.05) is 13.1 Å². The first kappa shape index (κ1) is 15.8. The molecule has 1 heterocycles. The molecule has 0 aromatic carbocycles. The molecule has 1 aliphatic rings. The van der Waals surface area contributed by atoms with Gasteiger partial charge in [0.15, 0.2) is 0 Å². The maximum absolute atomic E-state index is 12.2. The van der Waals surface area contributed by atoms with Crippen LogP contribution in [0.3, 0.4) is 0 Å². The lowest BCUT2D eigenvalue weighted by Gasteiger charge is -2.27. The molecule has 1 aliphatic heterocycles. The van der Waals surface area contributed by atoms with Crippen molar-refractivity contribution in [3.8, 4) is 0 Å². The third-order valence-electron chi connectivity index (χ3n) is 4.00. The number of nitrogens with zero attached hydrogens (tertiary/aromatic N) is 1. The van der Waals surface area contributed by atoms with Crippen LogP contribution in [0.5, 0.6) is 0 Å². The number of likely N-dealkylation sites (tertiary alicyclic amines) is 1. The van der Waals surface area contributed by atoms with Crippen molar-refractivity contribution >= 4 is 12.0 Å². The summed E-state index contributed by atoms with van der Waals surface area (Å²) in [5.74, 6) is -0.418. The second-order valence-corrected chi connectivity index (χ2v) is 5.27. The van der Waals surface area contributed by atoms with Gasteiger partial charge in [0, 0.05) is 13.1 Å². The van der Waals surface area contributed by atoms with E-state index in [1.807, 2.05) is 0 Å². The van der Waals surface area contributed by atoms with Gasteiger partial charge in [0.1, 0.15) is 6.04 Å². The van der Waals surface area contributed by atoms with E-state index in [0.29, 0.717) is 25.4 Å². The van der Waals surface area contributed by atoms with Crippen LogP contribution in [-0.4, -0.2) is 41.1 Å². The molecule has 110 valence electrons. The van der Waals surface area contributed by atoms with Crippen molar-refractivity contribution in [2.24, 2.45) is 5.92 Å². The Kier molecular flexibility index (Phi) is 6.67. The fraction of sp³-hybridized carbons (Fsp3) is 0.857. The molecular formula is C14H26N2O3. The maximum Gasteiger partial charge on any atom is 0.326 e. The number of amides is 2. The number of hydrogen-bond acceptors (Lipinski definition) is 2. The lowest BCUT2D eigenvalue weighted by Crippen LogP contribution is -2.50. The summed E-state index contributed by atoms with van der Waals surface area (Å²) in [4.78, 5) is 24.9. The van der Waals surface area contributed by atoms with Gasteiger partial charge in [-0.1, -0.05) is 39.5 Å². The molecule has 19 heavy (non-hydrogen) atoms. The average molecular weight is 270 g/mol. The molecule has 5 heteroatoms. The lowest BCUT2D eigenvalue weighted by molar-refractivity contribution is -0.142. The highest BCUT2D eigenvalue weighted by Crippen LogP contribution is 2.17. The summed E-state index contributed by atoms with van der Waals surface area (Å²) < 4.78 is 0. The topological polar surface area (TPSA) is 69.6 Å². The Bertz CT molecular complexity index is 303. The number of aliphatic carboxylic acids is 1. The summed E-state index contributed by atoms with van der Waals surface area (Å²) in [5.41, 5.74) is 0. The Morgan fingerprint density at radius 2 is 1.95 bits per heavy atom. The van der Waals surface area contributed by atoms with Crippen LogP contribution in [0, 0.1) is 5.92 Å². The van der Waals surface area contributed by atoms with Crippen LogP contribution >= 0.6 is 0 Å². The van der Waals surface area contributed by atoms with Gasteiger partial charge in [0.05, 0.1) is 0 Å². The molecule has 1 fully saturated rings. The van der Waals surface area contributed by atoms with Crippen LogP contribution < -0.4 is 5.32 Å². The maximum atomic E-state index is 12.2. The van der Waals surface area contributed by atoms with Crippen molar-refractivity contribution in [3.05, 3.63) is 0 Å². The monoisotopic (exact) mass is 270 g/mol. The molecule has 1 rings (SSSR count). The molecule has 0 saturated carbocycles. The average Bonchev–Trinajstić information content (AvgIpc) is 2.65. The van der Waals surface area contributed by atoms with E-state index in [1.165, 1.54) is 4.90 Å². The van der Waals surface area contributed by atoms with Gasteiger partial charge in [-0.25, -0.2) is 9.59 Å². The number of carbonyl (C=O) groups is 2. The van der Waals surface area contributed by atoms with Crippen molar-refractivity contribution in [2.45, 2.75) is 58.4 Å². The summed E-state index contributed by atoms with van der Waals surface area (Å²) in [6, 6.07) is -0.884. The minimum atomic E-state index is -0.889. The van der Waals surface area contributed by atoms with E-state index in [2.05, 4.69) is 19.2 Å². The Morgan fingerprint density at radius 3 is 2.53 bits per heavy atom. The van der Waals surface area contributed by atoms with Gasteiger partial charge >= 0.3 is 12.0 Å². The van der Waals surface area contributed by atoms with E-state index in [9.17, 15) is 14.7 Å². The van der Waals surface area contributed by atoms with Crippen molar-refractivity contribution in [1.29, 1.82) is 0 Å². The second-order valence-electron chi connectivity index (χ2n) is 5.27. The molecule has 2 amide bonds. The van der Waals surface area contributed by atoms with Crippen LogP contribution in [0.25, 0.3) is 0 Å². The lowest BCUT2D eigenvalue weighted by atomic mass is 10.0. The number of carboxylic acid groups (broad SMARTS) is 1. The predicted octanol–water partition coefficient (Wildman–Crippen LogP) is 2.46. The minimum absolute atomic E-state index is 0.221. The molecule has 1 saturated heterocycles. The van der Waals surface area contributed by atoms with Crippen LogP contribution in [-0.2, 0) is 4.79 Å². The zero-order chi connectivity index (χ0) is 14.3. The largest absolute Gasteiger partial charge is 0.480 e. The zero-order valence-electron chi connectivity index (χ0n) is 12.0. The first-order valence-electron chi connectivity index (χ1n) is 7.37. The van der Waals surface area contributed by atoms with Gasteiger partial charge in [0.25, 0.3) is 0 Å². The SMILES string of the molecule is CCC(CC)CNC(=O)N1CCCCCC1C(=O)O. The van der Waals surface area contributed by atoms with E-state index in [4.69, 9.17) is 0 Å². The third kappa shape index (κ3) is 4.73. The molecule has 0 aromatic rings. The summed E-state index contributed by atoms with van der Waals surface area (Å²) in [7, 11) is 0. The van der Waals surface area contributed by atoms with Gasteiger partial charge in [-0.2, -0.15) is 0 Å². The van der Waals surface area contributed by atoms with Crippen LogP contribution in [0.15, 0.2) is 0 Å². The molecule has 1 unspecified atom stereocenters. The first-order valence-corrected chi connectivity index (χ1v) is 7.37. The molecule has 5 nitrogen and oxygen atoms in total. The standard InChI is InChI=1S/C14H26N2O3/c1-3-11(4-2)10-15-14(19)16-9-7-5-6-8-12(16)13(17)18/h11-12H,3-10H2,1-2H3,(H,15,19)(H,17,18). The smallest absolute Gasteiger partial charge is 0.326 e. The third-order valence-corrected chi connectivity index (χ3v) is 4.00. The zero-order valence-corrected chi connectivity index (χ0v) is 12.0. The Morgan fingerprint density at radius 1 is 1.26 bits per heavy atom. The van der Waals surface area contributed by atoms with Crippen LogP contribution in [0.1, 0.15) is 52.4 Å². The first-order chi connectivity index (χ1) is 9.10.